The van der Waals surface area contributed by atoms with Crippen molar-refractivity contribution in [3.8, 4) is 0 Å². The van der Waals surface area contributed by atoms with Crippen LogP contribution in [0.5, 0.6) is 0 Å². The van der Waals surface area contributed by atoms with E-state index in [0.29, 0.717) is 6.07 Å². The summed E-state index contributed by atoms with van der Waals surface area (Å²) >= 11 is 1.32. The molecule has 0 aromatic heterocycles. The van der Waals surface area contributed by atoms with Gasteiger partial charge in [0, 0.05) is 6.07 Å². The van der Waals surface area contributed by atoms with Crippen molar-refractivity contribution in [2.45, 2.75) is 0 Å². The topological polar surface area (TPSA) is 86.3 Å². The van der Waals surface area contributed by atoms with Crippen LogP contribution in [0.3, 0.4) is 0 Å². The van der Waals surface area contributed by atoms with E-state index in [-0.39, 0.29) is 3.57 Å². The van der Waals surface area contributed by atoms with Gasteiger partial charge in [-0.3, -0.25) is 20.2 Å². The van der Waals surface area contributed by atoms with Gasteiger partial charge in [-0.15, -0.1) is 0 Å². The maximum Gasteiger partial charge on any atom is 0.347 e. The van der Waals surface area contributed by atoms with Crippen LogP contribution in [0.15, 0.2) is 6.07 Å². The van der Waals surface area contributed by atoms with Crippen LogP contribution in [-0.2, 0) is 0 Å². The summed E-state index contributed by atoms with van der Waals surface area (Å²) in [5, 5.41) is 20.6. The zero-order valence-electron chi connectivity index (χ0n) is 6.74. The molecule has 0 aliphatic rings. The third-order valence-corrected chi connectivity index (χ3v) is 2.31. The Labute approximate surface area is 94.3 Å². The van der Waals surface area contributed by atoms with Gasteiger partial charge < -0.3 is 0 Å². The molecule has 0 spiro atoms. The van der Waals surface area contributed by atoms with Crippen LogP contribution in [0, 0.1) is 35.4 Å². The van der Waals surface area contributed by atoms with E-state index in [2.05, 4.69) is 0 Å². The second-order valence-corrected chi connectivity index (χ2v) is 3.53. The summed E-state index contributed by atoms with van der Waals surface area (Å²) in [6.07, 6.45) is 0. The Morgan fingerprint density at radius 3 is 2.00 bits per heavy atom. The highest BCUT2D eigenvalue weighted by Crippen LogP contribution is 2.33. The lowest BCUT2D eigenvalue weighted by Gasteiger charge is -1.99. The van der Waals surface area contributed by atoms with E-state index < -0.39 is 32.9 Å². The fourth-order valence-corrected chi connectivity index (χ4v) is 1.61. The number of hydrogen-bond donors (Lipinski definition) is 0. The molecule has 0 atom stereocenters. The van der Waals surface area contributed by atoms with Gasteiger partial charge in [-0.05, 0) is 22.6 Å². The largest absolute Gasteiger partial charge is 0.347 e. The van der Waals surface area contributed by atoms with E-state index in [0.717, 1.165) is 0 Å². The van der Waals surface area contributed by atoms with E-state index in [9.17, 15) is 29.0 Å². The zero-order valence-corrected chi connectivity index (χ0v) is 8.90. The lowest BCUT2D eigenvalue weighted by atomic mass is 10.2. The number of nitro groups is 2. The Balaban J connectivity index is 3.64. The molecule has 0 saturated heterocycles. The highest BCUT2D eigenvalue weighted by atomic mass is 127. The number of halogens is 3. The van der Waals surface area contributed by atoms with Gasteiger partial charge in [0.1, 0.15) is 0 Å². The monoisotopic (exact) mass is 330 g/mol. The molecule has 0 radical (unpaired) electrons. The first-order valence-electron chi connectivity index (χ1n) is 3.32. The molecule has 6 nitrogen and oxygen atoms in total. The average Bonchev–Trinajstić information content (AvgIpc) is 1.99. The maximum atomic E-state index is 13.2. The fourth-order valence-electron chi connectivity index (χ4n) is 0.905. The summed E-state index contributed by atoms with van der Waals surface area (Å²) in [7, 11) is 0. The molecular weight excluding hydrogens is 329 g/mol. The third-order valence-electron chi connectivity index (χ3n) is 1.49. The normalized spacial score (nSPS) is 10.1. The zero-order chi connectivity index (χ0) is 11.7. The highest BCUT2D eigenvalue weighted by molar-refractivity contribution is 14.1. The predicted octanol–water partition coefficient (Wildman–Crippen LogP) is 2.39. The van der Waals surface area contributed by atoms with E-state index in [1.807, 2.05) is 0 Å². The van der Waals surface area contributed by atoms with E-state index in [1.54, 1.807) is 0 Å². The Morgan fingerprint density at radius 2 is 1.60 bits per heavy atom. The average molecular weight is 330 g/mol. The molecule has 0 unspecified atom stereocenters. The first-order chi connectivity index (χ1) is 6.86. The molecule has 0 heterocycles. The van der Waals surface area contributed by atoms with Crippen LogP contribution < -0.4 is 0 Å². The van der Waals surface area contributed by atoms with Gasteiger partial charge in [0.05, 0.1) is 13.4 Å². The fraction of sp³-hybridized carbons (Fsp3) is 0. The molecule has 0 amide bonds. The molecule has 1 rings (SSSR count). The molecular formula is C6HF2IN2O4. The Hall–Kier alpha value is -1.39. The lowest BCUT2D eigenvalue weighted by molar-refractivity contribution is -0.401. The van der Waals surface area contributed by atoms with Gasteiger partial charge in [-0.2, -0.15) is 8.78 Å². The molecule has 9 heteroatoms. The summed E-state index contributed by atoms with van der Waals surface area (Å²) < 4.78 is 25.7. The molecule has 0 N–H and O–H groups in total. The van der Waals surface area contributed by atoms with Gasteiger partial charge in [-0.1, -0.05) is 0 Å². The van der Waals surface area contributed by atoms with Crippen molar-refractivity contribution in [3.05, 3.63) is 41.5 Å². The van der Waals surface area contributed by atoms with Crippen molar-refractivity contribution in [2.24, 2.45) is 0 Å². The van der Waals surface area contributed by atoms with Crippen molar-refractivity contribution in [1.29, 1.82) is 0 Å². The summed E-state index contributed by atoms with van der Waals surface area (Å²) in [5.74, 6) is -3.21. The van der Waals surface area contributed by atoms with Crippen molar-refractivity contribution < 1.29 is 18.6 Å². The lowest BCUT2D eigenvalue weighted by Crippen LogP contribution is -2.03. The molecule has 0 bridgehead atoms. The SMILES string of the molecule is O=[N+]([O-])c1c(F)cc(I)c([N+](=O)[O-])c1F. The van der Waals surface area contributed by atoms with Crippen molar-refractivity contribution >= 4 is 34.0 Å². The molecule has 0 fully saturated rings. The van der Waals surface area contributed by atoms with Crippen molar-refractivity contribution in [3.63, 3.8) is 0 Å². The predicted molar refractivity (Wildman–Crippen MR) is 52.4 cm³/mol. The number of rotatable bonds is 2. The van der Waals surface area contributed by atoms with Gasteiger partial charge in [-0.25, -0.2) is 0 Å². The van der Waals surface area contributed by atoms with Crippen LogP contribution in [-0.4, -0.2) is 9.85 Å². The molecule has 1 aromatic rings. The second kappa shape index (κ2) is 4.00. The number of hydrogen-bond acceptors (Lipinski definition) is 4. The second-order valence-electron chi connectivity index (χ2n) is 2.37. The van der Waals surface area contributed by atoms with Crippen LogP contribution in [0.1, 0.15) is 0 Å². The van der Waals surface area contributed by atoms with E-state index >= 15 is 0 Å². The Morgan fingerprint density at radius 1 is 1.13 bits per heavy atom. The molecule has 1 aromatic carbocycles. The first-order valence-corrected chi connectivity index (χ1v) is 4.40. The summed E-state index contributed by atoms with van der Waals surface area (Å²) in [5.41, 5.74) is -2.61. The van der Waals surface area contributed by atoms with Crippen LogP contribution in [0.25, 0.3) is 0 Å². The molecule has 15 heavy (non-hydrogen) atoms. The van der Waals surface area contributed by atoms with Crippen molar-refractivity contribution in [1.82, 2.24) is 0 Å². The molecule has 80 valence electrons. The minimum absolute atomic E-state index is 0.335. The standard InChI is InChI=1S/C6HF2IN2O4/c7-2-1-3(9)6(11(14)15)4(8)5(2)10(12)13/h1H. The number of nitrogens with zero attached hydrogens (tertiary/aromatic N) is 2. The minimum atomic E-state index is -1.77. The maximum absolute atomic E-state index is 13.2. The molecule has 0 saturated carbocycles. The van der Waals surface area contributed by atoms with Crippen molar-refractivity contribution in [2.75, 3.05) is 0 Å². The Kier molecular flexibility index (Phi) is 3.12. The number of benzene rings is 1. The Bertz CT molecular complexity index is 427. The van der Waals surface area contributed by atoms with Gasteiger partial charge in [0.15, 0.2) is 0 Å². The van der Waals surface area contributed by atoms with E-state index in [4.69, 9.17) is 0 Å². The number of nitro benzene ring substituents is 2. The quantitative estimate of drug-likeness (QED) is 0.473. The van der Waals surface area contributed by atoms with Crippen LogP contribution in [0.2, 0.25) is 0 Å². The van der Waals surface area contributed by atoms with Crippen LogP contribution in [0.4, 0.5) is 20.2 Å². The smallest absolute Gasteiger partial charge is 0.258 e. The van der Waals surface area contributed by atoms with E-state index in [1.165, 1.54) is 22.6 Å². The first kappa shape index (κ1) is 11.7. The van der Waals surface area contributed by atoms with Crippen LogP contribution >= 0.6 is 22.6 Å². The van der Waals surface area contributed by atoms with Gasteiger partial charge in [0.25, 0.3) is 5.82 Å². The minimum Gasteiger partial charge on any atom is -0.258 e. The third kappa shape index (κ3) is 2.00. The molecule has 0 aliphatic heterocycles. The summed E-state index contributed by atoms with van der Waals surface area (Å²) in [6.45, 7) is 0. The molecule has 0 aliphatic carbocycles. The van der Waals surface area contributed by atoms with Gasteiger partial charge in [0.2, 0.25) is 5.82 Å². The van der Waals surface area contributed by atoms with Gasteiger partial charge >= 0.3 is 11.4 Å². The summed E-state index contributed by atoms with van der Waals surface area (Å²) in [4.78, 5) is 18.1. The highest BCUT2D eigenvalue weighted by Gasteiger charge is 2.32. The summed E-state index contributed by atoms with van der Waals surface area (Å²) in [6, 6.07) is 0.542.